The van der Waals surface area contributed by atoms with Crippen molar-refractivity contribution in [3.63, 3.8) is 0 Å². The lowest BCUT2D eigenvalue weighted by molar-refractivity contribution is 0.102. The van der Waals surface area contributed by atoms with Gasteiger partial charge >= 0.3 is 0 Å². The number of hydrogen-bond acceptors (Lipinski definition) is 11. The average Bonchev–Trinajstić information content (AvgIpc) is 3.30. The van der Waals surface area contributed by atoms with Crippen molar-refractivity contribution in [3.8, 4) is 23.1 Å². The van der Waals surface area contributed by atoms with Crippen molar-refractivity contribution in [3.05, 3.63) is 77.7 Å². The minimum atomic E-state index is -3.36. The number of benzene rings is 2. The van der Waals surface area contributed by atoms with Crippen molar-refractivity contribution in [1.82, 2.24) is 15.0 Å². The number of nitrogens with one attached hydrogen (secondary N) is 1. The van der Waals surface area contributed by atoms with E-state index in [9.17, 15) is 17.8 Å². The van der Waals surface area contributed by atoms with Crippen LogP contribution < -0.4 is 14.8 Å². The molecule has 39 heavy (non-hydrogen) atoms. The zero-order valence-corrected chi connectivity index (χ0v) is 23.8. The maximum atomic E-state index is 13.1. The Labute approximate surface area is 229 Å². The summed E-state index contributed by atoms with van der Waals surface area (Å²) >= 11 is 1.20. The van der Waals surface area contributed by atoms with Crippen LogP contribution in [0.2, 0.25) is 0 Å². The first kappa shape index (κ1) is 28.4. The number of aromatic nitrogens is 3. The summed E-state index contributed by atoms with van der Waals surface area (Å²) in [7, 11) is -6.19. The lowest BCUT2D eigenvalue weighted by Crippen LogP contribution is -2.12. The van der Waals surface area contributed by atoms with Crippen molar-refractivity contribution in [2.24, 2.45) is 0 Å². The van der Waals surface area contributed by atoms with Gasteiger partial charge in [-0.25, -0.2) is 18.4 Å². The van der Waals surface area contributed by atoms with E-state index in [1.165, 1.54) is 66.3 Å². The quantitative estimate of drug-likeness (QED) is 0.219. The SMILES string of the molecule is CCOP(C)(=O)Cc1csc(NC(=O)c2cc(Oc3ccc(S(C)(=O)=O)cc3)cc(Oc3cnccn3)c2)n1. The first-order valence-corrected chi connectivity index (χ1v) is 16.6. The molecule has 2 heterocycles. The number of rotatable bonds is 11. The molecule has 2 aromatic heterocycles. The fraction of sp³-hybridized carbons (Fsp3) is 0.200. The molecule has 4 rings (SSSR count). The van der Waals surface area contributed by atoms with Gasteiger partial charge in [-0.05, 0) is 43.3 Å². The van der Waals surface area contributed by atoms with Crippen molar-refractivity contribution in [2.75, 3.05) is 24.8 Å². The largest absolute Gasteiger partial charge is 0.457 e. The molecule has 0 spiro atoms. The molecule has 0 aliphatic heterocycles. The highest BCUT2D eigenvalue weighted by molar-refractivity contribution is 7.90. The number of carbonyl (C=O) groups is 1. The number of thiazole rings is 1. The van der Waals surface area contributed by atoms with Gasteiger partial charge < -0.3 is 14.0 Å². The number of hydrogen-bond donors (Lipinski definition) is 1. The molecule has 1 amide bonds. The van der Waals surface area contributed by atoms with Crippen LogP contribution in [0.25, 0.3) is 0 Å². The van der Waals surface area contributed by atoms with Gasteiger partial charge in [0.15, 0.2) is 15.0 Å². The number of nitrogens with zero attached hydrogens (tertiary/aromatic N) is 3. The second-order valence-electron chi connectivity index (χ2n) is 8.37. The first-order chi connectivity index (χ1) is 18.5. The lowest BCUT2D eigenvalue weighted by atomic mass is 10.2. The van der Waals surface area contributed by atoms with E-state index in [-0.39, 0.29) is 34.0 Å². The Morgan fingerprint density at radius 3 is 2.41 bits per heavy atom. The molecule has 4 aromatic rings. The number of anilines is 1. The summed E-state index contributed by atoms with van der Waals surface area (Å²) in [6.45, 7) is 3.65. The zero-order chi connectivity index (χ0) is 28.0. The molecule has 11 nitrogen and oxygen atoms in total. The maximum Gasteiger partial charge on any atom is 0.257 e. The monoisotopic (exact) mass is 588 g/mol. The number of carbonyl (C=O) groups excluding carboxylic acids is 1. The molecule has 1 atom stereocenters. The van der Waals surface area contributed by atoms with E-state index >= 15 is 0 Å². The van der Waals surface area contributed by atoms with Gasteiger partial charge in [-0.15, -0.1) is 11.3 Å². The van der Waals surface area contributed by atoms with Gasteiger partial charge in [0.05, 0.1) is 29.6 Å². The van der Waals surface area contributed by atoms with Gasteiger partial charge in [-0.2, -0.15) is 0 Å². The topological polar surface area (TPSA) is 147 Å². The molecule has 0 saturated heterocycles. The highest BCUT2D eigenvalue weighted by Crippen LogP contribution is 2.46. The fourth-order valence-corrected chi connectivity index (χ4v) is 6.24. The van der Waals surface area contributed by atoms with Crippen LogP contribution in [-0.2, 0) is 25.1 Å². The van der Waals surface area contributed by atoms with E-state index in [1.54, 1.807) is 25.0 Å². The Morgan fingerprint density at radius 2 is 1.77 bits per heavy atom. The second kappa shape index (κ2) is 12.0. The van der Waals surface area contributed by atoms with E-state index in [0.29, 0.717) is 23.2 Å². The normalized spacial score (nSPS) is 12.9. The minimum Gasteiger partial charge on any atom is -0.457 e. The second-order valence-corrected chi connectivity index (χ2v) is 13.8. The third kappa shape index (κ3) is 8.17. The van der Waals surface area contributed by atoms with E-state index < -0.39 is 23.1 Å². The average molecular weight is 589 g/mol. The molecular weight excluding hydrogens is 563 g/mol. The number of ether oxygens (including phenoxy) is 2. The molecule has 204 valence electrons. The smallest absolute Gasteiger partial charge is 0.257 e. The third-order valence-corrected chi connectivity index (χ3v) is 8.65. The van der Waals surface area contributed by atoms with Gasteiger partial charge in [0.1, 0.15) is 17.2 Å². The van der Waals surface area contributed by atoms with Crippen molar-refractivity contribution in [2.45, 2.75) is 18.0 Å². The Morgan fingerprint density at radius 1 is 1.05 bits per heavy atom. The predicted octanol–water partition coefficient (Wildman–Crippen LogP) is 5.62. The third-order valence-electron chi connectivity index (χ3n) is 5.02. The molecule has 0 fully saturated rings. The van der Waals surface area contributed by atoms with Crippen LogP contribution in [0, 0.1) is 0 Å². The first-order valence-electron chi connectivity index (χ1n) is 11.5. The maximum absolute atomic E-state index is 13.1. The van der Waals surface area contributed by atoms with Gasteiger partial charge in [-0.1, -0.05) is 0 Å². The summed E-state index contributed by atoms with van der Waals surface area (Å²) in [5, 5.41) is 4.77. The standard InChI is InChI=1S/C25H25N4O7PS2/c1-4-34-37(2,31)15-18-16-38-25(28-18)29-24(30)17-11-20(13-21(12-17)36-23-14-26-9-10-27-23)35-19-5-7-22(8-6-19)39(3,32)33/h5-14,16H,4,15H2,1-3H3,(H,28,29,30). The molecule has 0 radical (unpaired) electrons. The summed E-state index contributed by atoms with van der Waals surface area (Å²) in [5.74, 6) is 0.600. The van der Waals surface area contributed by atoms with Gasteiger partial charge in [0, 0.05) is 42.3 Å². The summed E-state index contributed by atoms with van der Waals surface area (Å²) in [5.41, 5.74) is 0.752. The zero-order valence-electron chi connectivity index (χ0n) is 21.2. The Balaban J connectivity index is 1.57. The van der Waals surface area contributed by atoms with Crippen molar-refractivity contribution < 1.29 is 31.8 Å². The Bertz CT molecular complexity index is 1610. The van der Waals surface area contributed by atoms with Crippen LogP contribution in [0.4, 0.5) is 5.13 Å². The number of sulfone groups is 1. The van der Waals surface area contributed by atoms with Crippen molar-refractivity contribution in [1.29, 1.82) is 0 Å². The van der Waals surface area contributed by atoms with Crippen LogP contribution >= 0.6 is 18.7 Å². The summed E-state index contributed by atoms with van der Waals surface area (Å²) in [6.07, 6.45) is 5.66. The highest BCUT2D eigenvalue weighted by Gasteiger charge is 2.19. The molecule has 1 N–H and O–H groups in total. The summed E-state index contributed by atoms with van der Waals surface area (Å²) in [4.78, 5) is 25.7. The summed E-state index contributed by atoms with van der Waals surface area (Å²) < 4.78 is 52.9. The van der Waals surface area contributed by atoms with E-state index in [4.69, 9.17) is 14.0 Å². The van der Waals surface area contributed by atoms with Crippen LogP contribution in [0.1, 0.15) is 23.0 Å². The molecular formula is C25H25N4O7PS2. The fourth-order valence-electron chi connectivity index (χ4n) is 3.39. The minimum absolute atomic E-state index is 0.151. The van der Waals surface area contributed by atoms with E-state index in [0.717, 1.165) is 6.26 Å². The number of amides is 1. The Hall–Kier alpha value is -3.64. The van der Waals surface area contributed by atoms with E-state index in [2.05, 4.69) is 20.3 Å². The van der Waals surface area contributed by atoms with Crippen LogP contribution in [0.15, 0.2) is 71.3 Å². The molecule has 14 heteroatoms. The highest BCUT2D eigenvalue weighted by atomic mass is 32.2. The van der Waals surface area contributed by atoms with Crippen LogP contribution in [0.3, 0.4) is 0 Å². The predicted molar refractivity (Wildman–Crippen MR) is 147 cm³/mol. The molecule has 0 saturated carbocycles. The van der Waals surface area contributed by atoms with Crippen molar-refractivity contribution >= 4 is 39.6 Å². The van der Waals surface area contributed by atoms with Gasteiger partial charge in [0.2, 0.25) is 13.2 Å². The molecule has 0 aliphatic rings. The van der Waals surface area contributed by atoms with E-state index in [1.807, 2.05) is 0 Å². The van der Waals surface area contributed by atoms with Crippen LogP contribution in [0.5, 0.6) is 23.1 Å². The lowest BCUT2D eigenvalue weighted by Gasteiger charge is -2.12. The van der Waals surface area contributed by atoms with Crippen LogP contribution in [-0.4, -0.2) is 48.8 Å². The molecule has 0 aliphatic carbocycles. The van der Waals surface area contributed by atoms with Gasteiger partial charge in [-0.3, -0.25) is 19.7 Å². The molecule has 0 bridgehead atoms. The summed E-state index contributed by atoms with van der Waals surface area (Å²) in [6, 6.07) is 10.5. The Kier molecular flexibility index (Phi) is 8.76. The molecule has 1 unspecified atom stereocenters. The van der Waals surface area contributed by atoms with Gasteiger partial charge in [0.25, 0.3) is 5.91 Å². The molecule has 2 aromatic carbocycles.